The van der Waals surface area contributed by atoms with Gasteiger partial charge in [0.2, 0.25) is 0 Å². The van der Waals surface area contributed by atoms with Crippen molar-refractivity contribution in [3.8, 4) is 0 Å². The van der Waals surface area contributed by atoms with Crippen LogP contribution in [0.25, 0.3) is 0 Å². The molecule has 4 nitrogen and oxygen atoms in total. The first kappa shape index (κ1) is 16.9. The van der Waals surface area contributed by atoms with E-state index >= 15 is 0 Å². The monoisotopic (exact) mass is 284 g/mol. The standard InChI is InChI=1S/C15H25FN2O2/c1-12(17)13-5-6-15(14(16)11-13)18(8-10-20-3)7-4-9-19-2/h5-6,11-12H,4,7-10,17H2,1-3H3/t12-/m0/s1. The van der Waals surface area contributed by atoms with Gasteiger partial charge in [0.05, 0.1) is 12.3 Å². The molecule has 1 atom stereocenters. The number of methoxy groups -OCH3 is 2. The maximum Gasteiger partial charge on any atom is 0.146 e. The maximum absolute atomic E-state index is 14.2. The zero-order valence-electron chi connectivity index (χ0n) is 12.6. The molecule has 0 fully saturated rings. The van der Waals surface area contributed by atoms with E-state index in [0.29, 0.717) is 25.4 Å². The Balaban J connectivity index is 2.82. The summed E-state index contributed by atoms with van der Waals surface area (Å²) in [6, 6.07) is 5.01. The summed E-state index contributed by atoms with van der Waals surface area (Å²) in [4.78, 5) is 1.98. The molecule has 0 aliphatic carbocycles. The summed E-state index contributed by atoms with van der Waals surface area (Å²) in [6.45, 7) is 4.43. The molecule has 0 saturated carbocycles. The molecule has 0 bridgehead atoms. The number of halogens is 1. The van der Waals surface area contributed by atoms with Crippen molar-refractivity contribution < 1.29 is 13.9 Å². The van der Waals surface area contributed by atoms with Gasteiger partial charge >= 0.3 is 0 Å². The number of nitrogens with zero attached hydrogens (tertiary/aromatic N) is 1. The lowest BCUT2D eigenvalue weighted by atomic mass is 10.1. The van der Waals surface area contributed by atoms with Gasteiger partial charge in [0.1, 0.15) is 5.82 Å². The van der Waals surface area contributed by atoms with Gasteiger partial charge in [-0.15, -0.1) is 0 Å². The molecule has 0 saturated heterocycles. The predicted molar refractivity (Wildman–Crippen MR) is 79.6 cm³/mol. The lowest BCUT2D eigenvalue weighted by molar-refractivity contribution is 0.191. The van der Waals surface area contributed by atoms with Crippen molar-refractivity contribution in [2.24, 2.45) is 5.73 Å². The minimum absolute atomic E-state index is 0.167. The fourth-order valence-electron chi connectivity index (χ4n) is 2.02. The van der Waals surface area contributed by atoms with Gasteiger partial charge in [-0.05, 0) is 31.0 Å². The van der Waals surface area contributed by atoms with Crippen LogP contribution in [-0.4, -0.2) is 40.5 Å². The number of benzene rings is 1. The maximum atomic E-state index is 14.2. The molecule has 1 aromatic carbocycles. The first-order valence-electron chi connectivity index (χ1n) is 6.88. The number of anilines is 1. The molecule has 0 heterocycles. The molecule has 0 unspecified atom stereocenters. The second-order valence-electron chi connectivity index (χ2n) is 4.83. The van der Waals surface area contributed by atoms with Gasteiger partial charge in [0.25, 0.3) is 0 Å². The van der Waals surface area contributed by atoms with Crippen LogP contribution in [0.15, 0.2) is 18.2 Å². The Morgan fingerprint density at radius 1 is 1.20 bits per heavy atom. The summed E-state index contributed by atoms with van der Waals surface area (Å²) in [5, 5.41) is 0. The number of hydrogen-bond donors (Lipinski definition) is 1. The summed E-state index contributed by atoms with van der Waals surface area (Å²) >= 11 is 0. The van der Waals surface area contributed by atoms with Crippen LogP contribution in [0.1, 0.15) is 24.9 Å². The lowest BCUT2D eigenvalue weighted by Gasteiger charge is -2.25. The van der Waals surface area contributed by atoms with Crippen LogP contribution in [-0.2, 0) is 9.47 Å². The molecule has 5 heteroatoms. The van der Waals surface area contributed by atoms with E-state index < -0.39 is 0 Å². The number of ether oxygens (including phenoxy) is 2. The van der Waals surface area contributed by atoms with Gasteiger partial charge in [-0.25, -0.2) is 4.39 Å². The van der Waals surface area contributed by atoms with Gasteiger partial charge < -0.3 is 20.1 Å². The molecular weight excluding hydrogens is 259 g/mol. The van der Waals surface area contributed by atoms with Crippen LogP contribution < -0.4 is 10.6 Å². The molecule has 0 radical (unpaired) electrons. The quantitative estimate of drug-likeness (QED) is 0.707. The van der Waals surface area contributed by atoms with Crippen molar-refractivity contribution in [1.29, 1.82) is 0 Å². The molecule has 20 heavy (non-hydrogen) atoms. The topological polar surface area (TPSA) is 47.7 Å². The van der Waals surface area contributed by atoms with E-state index in [1.807, 2.05) is 17.9 Å². The molecule has 0 aliphatic rings. The first-order chi connectivity index (χ1) is 9.60. The summed E-state index contributed by atoms with van der Waals surface area (Å²) in [5.74, 6) is -0.242. The third kappa shape index (κ3) is 5.07. The molecule has 1 rings (SSSR count). The van der Waals surface area contributed by atoms with Crippen LogP contribution >= 0.6 is 0 Å². The van der Waals surface area contributed by atoms with Gasteiger partial charge in [-0.2, -0.15) is 0 Å². The van der Waals surface area contributed by atoms with Gasteiger partial charge in [-0.1, -0.05) is 6.07 Å². The van der Waals surface area contributed by atoms with Gasteiger partial charge in [-0.3, -0.25) is 0 Å². The van der Waals surface area contributed by atoms with Gasteiger partial charge in [0.15, 0.2) is 0 Å². The highest BCUT2D eigenvalue weighted by molar-refractivity contribution is 5.49. The largest absolute Gasteiger partial charge is 0.385 e. The van der Waals surface area contributed by atoms with E-state index in [1.54, 1.807) is 20.3 Å². The fraction of sp³-hybridized carbons (Fsp3) is 0.600. The van der Waals surface area contributed by atoms with Crippen LogP contribution in [0.2, 0.25) is 0 Å². The molecule has 0 spiro atoms. The van der Waals surface area contributed by atoms with E-state index in [4.69, 9.17) is 15.2 Å². The number of hydrogen-bond acceptors (Lipinski definition) is 4. The smallest absolute Gasteiger partial charge is 0.146 e. The van der Waals surface area contributed by atoms with Crippen LogP contribution in [0, 0.1) is 5.82 Å². The molecule has 1 aromatic rings. The Morgan fingerprint density at radius 3 is 2.45 bits per heavy atom. The van der Waals surface area contributed by atoms with Crippen molar-refractivity contribution in [3.63, 3.8) is 0 Å². The normalized spacial score (nSPS) is 12.4. The van der Waals surface area contributed by atoms with Crippen LogP contribution in [0.5, 0.6) is 0 Å². The Labute approximate surface area is 120 Å². The van der Waals surface area contributed by atoms with E-state index in [2.05, 4.69) is 0 Å². The van der Waals surface area contributed by atoms with Crippen molar-refractivity contribution in [3.05, 3.63) is 29.6 Å². The number of rotatable bonds is 9. The van der Waals surface area contributed by atoms with Crippen molar-refractivity contribution in [2.45, 2.75) is 19.4 Å². The van der Waals surface area contributed by atoms with Crippen molar-refractivity contribution in [1.82, 2.24) is 0 Å². The third-order valence-electron chi connectivity index (χ3n) is 3.18. The highest BCUT2D eigenvalue weighted by Gasteiger charge is 2.13. The average Bonchev–Trinajstić information content (AvgIpc) is 2.43. The molecule has 0 aromatic heterocycles. The predicted octanol–water partition coefficient (Wildman–Crippen LogP) is 2.33. The summed E-state index contributed by atoms with van der Waals surface area (Å²) < 4.78 is 24.4. The van der Waals surface area contributed by atoms with E-state index in [9.17, 15) is 4.39 Å². The number of nitrogens with two attached hydrogens (primary N) is 1. The molecule has 114 valence electrons. The highest BCUT2D eigenvalue weighted by Crippen LogP contribution is 2.23. The third-order valence-corrected chi connectivity index (χ3v) is 3.18. The zero-order valence-corrected chi connectivity index (χ0v) is 12.6. The van der Waals surface area contributed by atoms with E-state index in [1.165, 1.54) is 6.07 Å². The Morgan fingerprint density at radius 2 is 1.90 bits per heavy atom. The van der Waals surface area contributed by atoms with Gasteiger partial charge in [0, 0.05) is 40.0 Å². The first-order valence-corrected chi connectivity index (χ1v) is 6.88. The Kier molecular flexibility index (Phi) is 7.51. The van der Waals surface area contributed by atoms with Crippen LogP contribution in [0.4, 0.5) is 10.1 Å². The summed E-state index contributed by atoms with van der Waals surface area (Å²) in [5.41, 5.74) is 7.16. The summed E-state index contributed by atoms with van der Waals surface area (Å²) in [7, 11) is 3.31. The minimum Gasteiger partial charge on any atom is -0.385 e. The second-order valence-corrected chi connectivity index (χ2v) is 4.83. The highest BCUT2D eigenvalue weighted by atomic mass is 19.1. The fourth-order valence-corrected chi connectivity index (χ4v) is 2.02. The molecule has 0 amide bonds. The van der Waals surface area contributed by atoms with Crippen molar-refractivity contribution >= 4 is 5.69 Å². The molecule has 0 aliphatic heterocycles. The lowest BCUT2D eigenvalue weighted by Crippen LogP contribution is -2.30. The average molecular weight is 284 g/mol. The zero-order chi connectivity index (χ0) is 15.0. The Hall–Kier alpha value is -1.17. The molecule has 2 N–H and O–H groups in total. The second kappa shape index (κ2) is 8.89. The van der Waals surface area contributed by atoms with E-state index in [0.717, 1.165) is 18.5 Å². The molecular formula is C15H25FN2O2. The SMILES string of the molecule is COCCCN(CCOC)c1ccc([C@H](C)N)cc1F. The van der Waals surface area contributed by atoms with Crippen LogP contribution in [0.3, 0.4) is 0 Å². The minimum atomic E-state index is -0.242. The Bertz CT molecular complexity index is 399. The summed E-state index contributed by atoms with van der Waals surface area (Å²) in [6.07, 6.45) is 0.842. The van der Waals surface area contributed by atoms with E-state index in [-0.39, 0.29) is 11.9 Å². The van der Waals surface area contributed by atoms with Crippen molar-refractivity contribution in [2.75, 3.05) is 45.4 Å².